The first-order valence-electron chi connectivity index (χ1n) is 10.3. The van der Waals surface area contributed by atoms with Gasteiger partial charge in [-0.3, -0.25) is 15.1 Å². The molecule has 0 saturated carbocycles. The van der Waals surface area contributed by atoms with E-state index in [1.165, 1.54) is 12.3 Å². The van der Waals surface area contributed by atoms with Crippen molar-refractivity contribution in [2.45, 2.75) is 26.9 Å². The van der Waals surface area contributed by atoms with E-state index in [9.17, 15) is 9.59 Å². The molecule has 0 radical (unpaired) electrons. The van der Waals surface area contributed by atoms with E-state index in [4.69, 9.17) is 21.1 Å². The zero-order chi connectivity index (χ0) is 23.1. The predicted molar refractivity (Wildman–Crippen MR) is 122 cm³/mol. The van der Waals surface area contributed by atoms with Crippen LogP contribution in [-0.4, -0.2) is 54.3 Å². The number of hydrogen-bond acceptors (Lipinski definition) is 7. The second-order valence-corrected chi connectivity index (χ2v) is 8.01. The van der Waals surface area contributed by atoms with Crippen molar-refractivity contribution in [3.8, 4) is 5.75 Å². The molecule has 32 heavy (non-hydrogen) atoms. The third kappa shape index (κ3) is 6.78. The highest BCUT2D eigenvalue weighted by Crippen LogP contribution is 2.35. The van der Waals surface area contributed by atoms with Crippen LogP contribution in [0.4, 0.5) is 22.0 Å². The summed E-state index contributed by atoms with van der Waals surface area (Å²) >= 11 is 6.36. The number of rotatable bonds is 7. The van der Waals surface area contributed by atoms with Crippen molar-refractivity contribution in [3.05, 3.63) is 35.2 Å². The van der Waals surface area contributed by atoms with Gasteiger partial charge in [0.25, 0.3) is 0 Å². The van der Waals surface area contributed by atoms with E-state index in [1.54, 1.807) is 33.0 Å². The van der Waals surface area contributed by atoms with Gasteiger partial charge in [0, 0.05) is 25.1 Å². The molecule has 11 heteroatoms. The van der Waals surface area contributed by atoms with Gasteiger partial charge in [0.1, 0.15) is 18.5 Å². The zero-order valence-corrected chi connectivity index (χ0v) is 19.0. The van der Waals surface area contributed by atoms with Gasteiger partial charge in [-0.2, -0.15) is 0 Å². The van der Waals surface area contributed by atoms with Crippen molar-refractivity contribution in [2.75, 3.05) is 42.3 Å². The molecule has 1 saturated heterocycles. The van der Waals surface area contributed by atoms with Gasteiger partial charge in [-0.05, 0) is 13.0 Å². The minimum absolute atomic E-state index is 0.141. The quantitative estimate of drug-likeness (QED) is 0.498. The number of aromatic nitrogens is 2. The number of carbonyl (C=O) groups is 2. The Kier molecular flexibility index (Phi) is 8.20. The highest BCUT2D eigenvalue weighted by molar-refractivity contribution is 6.34. The lowest BCUT2D eigenvalue weighted by Crippen LogP contribution is -2.41. The van der Waals surface area contributed by atoms with Gasteiger partial charge in [0.05, 0.1) is 41.1 Å². The van der Waals surface area contributed by atoms with Gasteiger partial charge in [-0.25, -0.2) is 9.78 Å². The van der Waals surface area contributed by atoms with Crippen LogP contribution in [0.1, 0.15) is 19.5 Å². The van der Waals surface area contributed by atoms with E-state index in [-0.39, 0.29) is 29.6 Å². The number of morpholine rings is 1. The summed E-state index contributed by atoms with van der Waals surface area (Å²) < 4.78 is 11.6. The number of urea groups is 1. The fourth-order valence-corrected chi connectivity index (χ4v) is 2.99. The Hall–Kier alpha value is -2.95. The lowest BCUT2D eigenvalue weighted by molar-refractivity contribution is -0.118. The number of hydrogen-bond donors (Lipinski definition) is 4. The Morgan fingerprint density at radius 1 is 1.22 bits per heavy atom. The molecule has 1 aromatic heterocycles. The Labute approximate surface area is 191 Å². The molecule has 0 bridgehead atoms. The molecular weight excluding hydrogens is 436 g/mol. The van der Waals surface area contributed by atoms with E-state index in [0.717, 1.165) is 12.2 Å². The average Bonchev–Trinajstić information content (AvgIpc) is 2.76. The number of aryl methyl sites for hydroxylation is 1. The van der Waals surface area contributed by atoms with E-state index >= 15 is 0 Å². The first-order chi connectivity index (χ1) is 15.3. The summed E-state index contributed by atoms with van der Waals surface area (Å²) in [6.45, 7) is 7.65. The molecule has 0 spiro atoms. The largest absolute Gasteiger partial charge is 0.489 e. The average molecular weight is 463 g/mol. The summed E-state index contributed by atoms with van der Waals surface area (Å²) in [5, 5.41) is 11.6. The zero-order valence-electron chi connectivity index (χ0n) is 18.2. The number of nitrogens with one attached hydrogen (secondary N) is 4. The first kappa shape index (κ1) is 23.7. The third-order valence-electron chi connectivity index (χ3n) is 4.55. The maximum Gasteiger partial charge on any atom is 0.325 e. The van der Waals surface area contributed by atoms with Gasteiger partial charge in [-0.15, -0.1) is 0 Å². The fourth-order valence-electron chi connectivity index (χ4n) is 2.78. The van der Waals surface area contributed by atoms with E-state index in [2.05, 4.69) is 31.2 Å². The van der Waals surface area contributed by atoms with E-state index in [0.29, 0.717) is 36.1 Å². The molecule has 1 fully saturated rings. The molecule has 10 nitrogen and oxygen atoms in total. The predicted octanol–water partition coefficient (Wildman–Crippen LogP) is 3.04. The highest BCUT2D eigenvalue weighted by Gasteiger charge is 2.19. The van der Waals surface area contributed by atoms with Crippen LogP contribution < -0.4 is 26.0 Å². The van der Waals surface area contributed by atoms with Gasteiger partial charge < -0.3 is 25.4 Å². The van der Waals surface area contributed by atoms with Crippen molar-refractivity contribution in [2.24, 2.45) is 5.92 Å². The maximum atomic E-state index is 12.5. The molecule has 3 amide bonds. The Balaban J connectivity index is 1.77. The van der Waals surface area contributed by atoms with E-state index < -0.39 is 6.03 Å². The summed E-state index contributed by atoms with van der Waals surface area (Å²) in [5.41, 5.74) is 1.45. The standard InChI is InChI=1S/C21H27ClN6O4/c1-12(2)20(29)26-16-7-18(32-11-14-9-23-4-5-31-14)17(6-15(16)22)27-21(30)28-19-10-24-13(3)8-25-19/h6-8,10,12,14,23H,4-5,9,11H2,1-3H3,(H,26,29)(H2,25,27,28,30)/t14-/m0/s1. The second-order valence-electron chi connectivity index (χ2n) is 7.60. The SMILES string of the molecule is Cc1cnc(NC(=O)Nc2cc(Cl)c(NC(=O)C(C)C)cc2OC[C@@H]2CNCCO2)cn1. The van der Waals surface area contributed by atoms with Crippen molar-refractivity contribution < 1.29 is 19.1 Å². The normalized spacial score (nSPS) is 15.8. The van der Waals surface area contributed by atoms with Crippen molar-refractivity contribution >= 4 is 40.7 Å². The van der Waals surface area contributed by atoms with Gasteiger partial charge in [0.15, 0.2) is 5.82 Å². The Morgan fingerprint density at radius 2 is 2.03 bits per heavy atom. The number of carbonyl (C=O) groups excluding carboxylic acids is 2. The van der Waals surface area contributed by atoms with Gasteiger partial charge in [0.2, 0.25) is 5.91 Å². The van der Waals surface area contributed by atoms with Crippen LogP contribution in [0.25, 0.3) is 0 Å². The molecule has 1 aliphatic rings. The molecule has 1 atom stereocenters. The third-order valence-corrected chi connectivity index (χ3v) is 4.86. The molecular formula is C21H27ClN6O4. The molecule has 172 valence electrons. The lowest BCUT2D eigenvalue weighted by Gasteiger charge is -2.24. The molecule has 1 aliphatic heterocycles. The number of ether oxygens (including phenoxy) is 2. The van der Waals surface area contributed by atoms with Crippen molar-refractivity contribution in [3.63, 3.8) is 0 Å². The minimum atomic E-state index is -0.543. The molecule has 1 aromatic carbocycles. The monoisotopic (exact) mass is 462 g/mol. The van der Waals surface area contributed by atoms with Crippen LogP contribution in [0.3, 0.4) is 0 Å². The summed E-state index contributed by atoms with van der Waals surface area (Å²) in [6.07, 6.45) is 2.86. The minimum Gasteiger partial charge on any atom is -0.489 e. The smallest absolute Gasteiger partial charge is 0.325 e. The molecule has 2 aromatic rings. The molecule has 4 N–H and O–H groups in total. The van der Waals surface area contributed by atoms with Crippen LogP contribution in [0.5, 0.6) is 5.75 Å². The number of nitrogens with zero attached hydrogens (tertiary/aromatic N) is 2. The summed E-state index contributed by atoms with van der Waals surface area (Å²) in [5.74, 6) is 0.224. The van der Waals surface area contributed by atoms with Gasteiger partial charge in [-0.1, -0.05) is 25.4 Å². The maximum absolute atomic E-state index is 12.5. The molecule has 0 aliphatic carbocycles. The number of benzene rings is 1. The Bertz CT molecular complexity index is 948. The van der Waals surface area contributed by atoms with Gasteiger partial charge >= 0.3 is 6.03 Å². The fraction of sp³-hybridized carbons (Fsp3) is 0.429. The van der Waals surface area contributed by atoms with Crippen LogP contribution >= 0.6 is 11.6 Å². The molecule has 3 rings (SSSR count). The topological polar surface area (TPSA) is 127 Å². The van der Waals surface area contributed by atoms with Crippen molar-refractivity contribution in [1.29, 1.82) is 0 Å². The molecule has 2 heterocycles. The van der Waals surface area contributed by atoms with Crippen molar-refractivity contribution in [1.82, 2.24) is 15.3 Å². The summed E-state index contributed by atoms with van der Waals surface area (Å²) in [6, 6.07) is 2.56. The van der Waals surface area contributed by atoms with Crippen LogP contribution in [-0.2, 0) is 9.53 Å². The van der Waals surface area contributed by atoms with Crippen LogP contribution in [0, 0.1) is 12.8 Å². The number of halogens is 1. The van der Waals surface area contributed by atoms with E-state index in [1.807, 2.05) is 0 Å². The molecule has 0 unspecified atom stereocenters. The summed E-state index contributed by atoms with van der Waals surface area (Å²) in [7, 11) is 0. The Morgan fingerprint density at radius 3 is 2.69 bits per heavy atom. The second kappa shape index (κ2) is 11.1. The first-order valence-corrected chi connectivity index (χ1v) is 10.7. The van der Waals surface area contributed by atoms with Crippen LogP contribution in [0.2, 0.25) is 5.02 Å². The number of anilines is 3. The highest BCUT2D eigenvalue weighted by atomic mass is 35.5. The summed E-state index contributed by atoms with van der Waals surface area (Å²) in [4.78, 5) is 32.8. The van der Waals surface area contributed by atoms with Crippen LogP contribution in [0.15, 0.2) is 24.5 Å². The number of amides is 3. The lowest BCUT2D eigenvalue weighted by atomic mass is 10.2.